The van der Waals surface area contributed by atoms with Gasteiger partial charge in [-0.25, -0.2) is 13.1 Å². The van der Waals surface area contributed by atoms with Gasteiger partial charge in [-0.05, 0) is 25.0 Å². The predicted molar refractivity (Wildman–Crippen MR) is 86.4 cm³/mol. The van der Waals surface area contributed by atoms with Crippen molar-refractivity contribution in [1.82, 2.24) is 4.72 Å². The number of benzene rings is 1. The third kappa shape index (κ3) is 7.93. The second-order valence-electron chi connectivity index (χ2n) is 4.52. The van der Waals surface area contributed by atoms with Crippen molar-refractivity contribution in [2.45, 2.75) is 24.2 Å². The average molecular weight is 331 g/mol. The standard InChI is InChI=1S/C13H21N3O3S2/c14-11-5-1-2-6-12(11)20-9-10-21(18,19)16-8-4-3-7-13(15)17/h1-2,5-6,16H,3-4,7-10,14H2,(H2,15,17). The van der Waals surface area contributed by atoms with Crippen LogP contribution in [0.4, 0.5) is 5.69 Å². The van der Waals surface area contributed by atoms with E-state index in [2.05, 4.69) is 4.72 Å². The van der Waals surface area contributed by atoms with Crippen molar-refractivity contribution in [2.75, 3.05) is 23.8 Å². The normalized spacial score (nSPS) is 11.4. The van der Waals surface area contributed by atoms with Gasteiger partial charge in [0.1, 0.15) is 0 Å². The second-order valence-corrected chi connectivity index (χ2v) is 7.59. The Morgan fingerprint density at radius 3 is 2.62 bits per heavy atom. The van der Waals surface area contributed by atoms with Crippen molar-refractivity contribution >= 4 is 33.4 Å². The minimum Gasteiger partial charge on any atom is -0.398 e. The molecule has 0 spiro atoms. The molecule has 0 bridgehead atoms. The van der Waals surface area contributed by atoms with Gasteiger partial charge in [0.15, 0.2) is 0 Å². The Morgan fingerprint density at radius 1 is 1.24 bits per heavy atom. The molecule has 1 aromatic rings. The molecule has 21 heavy (non-hydrogen) atoms. The lowest BCUT2D eigenvalue weighted by Gasteiger charge is -2.07. The Bertz CT molecular complexity index is 562. The van der Waals surface area contributed by atoms with Crippen LogP contribution in [0.2, 0.25) is 0 Å². The number of carbonyl (C=O) groups is 1. The number of para-hydroxylation sites is 1. The minimum absolute atomic E-state index is 0.0296. The number of nitrogen functional groups attached to an aromatic ring is 1. The number of carbonyl (C=O) groups excluding carboxylic acids is 1. The van der Waals surface area contributed by atoms with E-state index in [0.717, 1.165) is 4.90 Å². The Kier molecular flexibility index (Phi) is 7.55. The van der Waals surface area contributed by atoms with Crippen LogP contribution in [0.15, 0.2) is 29.2 Å². The highest BCUT2D eigenvalue weighted by Gasteiger charge is 2.10. The van der Waals surface area contributed by atoms with Crippen molar-refractivity contribution in [2.24, 2.45) is 5.73 Å². The number of nitrogens with two attached hydrogens (primary N) is 2. The zero-order valence-corrected chi connectivity index (χ0v) is 13.4. The van der Waals surface area contributed by atoms with Gasteiger partial charge in [0, 0.05) is 29.3 Å². The monoisotopic (exact) mass is 331 g/mol. The lowest BCUT2D eigenvalue weighted by Crippen LogP contribution is -2.28. The fourth-order valence-electron chi connectivity index (χ4n) is 1.60. The van der Waals surface area contributed by atoms with Crippen LogP contribution in [0.25, 0.3) is 0 Å². The average Bonchev–Trinajstić information content (AvgIpc) is 2.40. The van der Waals surface area contributed by atoms with E-state index in [4.69, 9.17) is 11.5 Å². The molecule has 0 radical (unpaired) electrons. The van der Waals surface area contributed by atoms with Crippen LogP contribution < -0.4 is 16.2 Å². The molecule has 1 amide bonds. The first-order chi connectivity index (χ1) is 9.91. The summed E-state index contributed by atoms with van der Waals surface area (Å²) < 4.78 is 26.0. The summed E-state index contributed by atoms with van der Waals surface area (Å²) in [7, 11) is -3.29. The number of hydrogen-bond donors (Lipinski definition) is 3. The number of unbranched alkanes of at least 4 members (excludes halogenated alkanes) is 1. The molecule has 0 unspecified atom stereocenters. The molecule has 0 aliphatic carbocycles. The number of hydrogen-bond acceptors (Lipinski definition) is 5. The van der Waals surface area contributed by atoms with Gasteiger partial charge >= 0.3 is 0 Å². The number of nitrogens with one attached hydrogen (secondary N) is 1. The van der Waals surface area contributed by atoms with E-state index in [1.807, 2.05) is 18.2 Å². The highest BCUT2D eigenvalue weighted by atomic mass is 32.2. The number of rotatable bonds is 10. The molecule has 6 nitrogen and oxygen atoms in total. The lowest BCUT2D eigenvalue weighted by atomic mass is 10.2. The maximum Gasteiger partial charge on any atom is 0.217 e. The zero-order valence-electron chi connectivity index (χ0n) is 11.7. The molecule has 0 aromatic heterocycles. The smallest absolute Gasteiger partial charge is 0.217 e. The lowest BCUT2D eigenvalue weighted by molar-refractivity contribution is -0.118. The van der Waals surface area contributed by atoms with Crippen molar-refractivity contribution in [3.05, 3.63) is 24.3 Å². The van der Waals surface area contributed by atoms with E-state index in [9.17, 15) is 13.2 Å². The summed E-state index contributed by atoms with van der Waals surface area (Å²) in [6.45, 7) is 0.327. The SMILES string of the molecule is NC(=O)CCCCNS(=O)(=O)CCSc1ccccc1N. The van der Waals surface area contributed by atoms with Gasteiger partial charge in [0.2, 0.25) is 15.9 Å². The fraction of sp³-hybridized carbons (Fsp3) is 0.462. The quantitative estimate of drug-likeness (QED) is 0.335. The van der Waals surface area contributed by atoms with E-state index >= 15 is 0 Å². The molecule has 0 atom stereocenters. The van der Waals surface area contributed by atoms with Crippen molar-refractivity contribution in [3.8, 4) is 0 Å². The molecule has 0 aliphatic rings. The van der Waals surface area contributed by atoms with Gasteiger partial charge in [0.25, 0.3) is 0 Å². The topological polar surface area (TPSA) is 115 Å². The summed E-state index contributed by atoms with van der Waals surface area (Å²) in [5, 5.41) is 0. The molecule has 1 aromatic carbocycles. The van der Waals surface area contributed by atoms with Crippen LogP contribution >= 0.6 is 11.8 Å². The van der Waals surface area contributed by atoms with E-state index < -0.39 is 10.0 Å². The predicted octanol–water partition coefficient (Wildman–Crippen LogP) is 0.936. The van der Waals surface area contributed by atoms with Crippen molar-refractivity contribution < 1.29 is 13.2 Å². The minimum atomic E-state index is -3.29. The van der Waals surface area contributed by atoms with Crippen LogP contribution in [-0.2, 0) is 14.8 Å². The fourth-order valence-corrected chi connectivity index (χ4v) is 4.04. The highest BCUT2D eigenvalue weighted by molar-refractivity contribution is 8.00. The highest BCUT2D eigenvalue weighted by Crippen LogP contribution is 2.24. The zero-order chi connectivity index (χ0) is 15.7. The summed E-state index contributed by atoms with van der Waals surface area (Å²) in [5.41, 5.74) is 11.4. The van der Waals surface area contributed by atoms with E-state index in [-0.39, 0.29) is 18.1 Å². The van der Waals surface area contributed by atoms with Crippen molar-refractivity contribution in [3.63, 3.8) is 0 Å². The third-order valence-electron chi connectivity index (χ3n) is 2.70. The van der Waals surface area contributed by atoms with E-state index in [1.54, 1.807) is 6.07 Å². The van der Waals surface area contributed by atoms with Gasteiger partial charge < -0.3 is 11.5 Å². The Hall–Kier alpha value is -1.25. The van der Waals surface area contributed by atoms with Crippen molar-refractivity contribution in [1.29, 1.82) is 0 Å². The molecule has 0 saturated carbocycles. The first kappa shape index (κ1) is 17.8. The van der Waals surface area contributed by atoms with Crippen LogP contribution in [-0.4, -0.2) is 32.4 Å². The number of sulfonamides is 1. The Morgan fingerprint density at radius 2 is 1.95 bits per heavy atom. The molecule has 0 fully saturated rings. The van der Waals surface area contributed by atoms with Gasteiger partial charge in [-0.15, -0.1) is 11.8 Å². The summed E-state index contributed by atoms with van der Waals surface area (Å²) in [6.07, 6.45) is 1.47. The second kappa shape index (κ2) is 8.91. The van der Waals surface area contributed by atoms with E-state index in [1.165, 1.54) is 11.8 Å². The van der Waals surface area contributed by atoms with Gasteiger partial charge in [-0.2, -0.15) is 0 Å². The molecule has 0 heterocycles. The molecule has 0 saturated heterocycles. The first-order valence-corrected chi connectivity index (χ1v) is 9.27. The van der Waals surface area contributed by atoms with Gasteiger partial charge in [-0.1, -0.05) is 12.1 Å². The van der Waals surface area contributed by atoms with Crippen LogP contribution in [0, 0.1) is 0 Å². The summed E-state index contributed by atoms with van der Waals surface area (Å²) >= 11 is 1.42. The maximum absolute atomic E-state index is 11.8. The Labute approximate surface area is 129 Å². The molecule has 0 aliphatic heterocycles. The van der Waals surface area contributed by atoms with Crippen LogP contribution in [0.3, 0.4) is 0 Å². The number of anilines is 1. The first-order valence-electron chi connectivity index (χ1n) is 6.63. The molecule has 8 heteroatoms. The third-order valence-corrected chi connectivity index (χ3v) is 5.44. The Balaban J connectivity index is 2.24. The molecule has 118 valence electrons. The summed E-state index contributed by atoms with van der Waals surface area (Å²) in [4.78, 5) is 11.4. The van der Waals surface area contributed by atoms with Crippen LogP contribution in [0.5, 0.6) is 0 Å². The number of thioether (sulfide) groups is 1. The molecular weight excluding hydrogens is 310 g/mol. The molecule has 1 rings (SSSR count). The van der Waals surface area contributed by atoms with E-state index in [0.29, 0.717) is 30.8 Å². The summed E-state index contributed by atoms with van der Waals surface area (Å²) in [6, 6.07) is 7.35. The molecular formula is C13H21N3O3S2. The number of amides is 1. The molecule has 5 N–H and O–H groups in total. The summed E-state index contributed by atoms with van der Waals surface area (Å²) in [5.74, 6) is 0.0989. The maximum atomic E-state index is 11.8. The van der Waals surface area contributed by atoms with Crippen LogP contribution in [0.1, 0.15) is 19.3 Å². The van der Waals surface area contributed by atoms with Gasteiger partial charge in [-0.3, -0.25) is 4.79 Å². The van der Waals surface area contributed by atoms with Gasteiger partial charge in [0.05, 0.1) is 5.75 Å². The largest absolute Gasteiger partial charge is 0.398 e. The number of primary amides is 1.